The highest BCUT2D eigenvalue weighted by atomic mass is 32.1. The number of carbonyl (C=O) groups excluding carboxylic acids is 2. The second kappa shape index (κ2) is 5.75. The van der Waals surface area contributed by atoms with Gasteiger partial charge < -0.3 is 9.47 Å². The highest BCUT2D eigenvalue weighted by Crippen LogP contribution is 2.43. The molecule has 0 bridgehead atoms. The number of hydrogen-bond acceptors (Lipinski definition) is 7. The first-order valence-corrected chi connectivity index (χ1v) is 8.89. The lowest BCUT2D eigenvalue weighted by Crippen LogP contribution is -2.01. The molecule has 0 unspecified atom stereocenters. The molecule has 4 nitrogen and oxygen atoms in total. The van der Waals surface area contributed by atoms with Gasteiger partial charge in [-0.2, -0.15) is 0 Å². The van der Waals surface area contributed by atoms with Gasteiger partial charge in [0.05, 0.1) is 22.6 Å². The van der Waals surface area contributed by atoms with Gasteiger partial charge >= 0.3 is 11.9 Å². The summed E-state index contributed by atoms with van der Waals surface area (Å²) in [5, 5.41) is 0. The number of esters is 2. The fraction of sp³-hybridized carbons (Fsp3) is 0.286. The third-order valence-corrected chi connectivity index (χ3v) is 6.51. The predicted octanol–water partition coefficient (Wildman–Crippen LogP) is 4.53. The number of hydrogen-bond donors (Lipinski definition) is 0. The lowest BCUT2D eigenvalue weighted by Gasteiger charge is -1.96. The molecule has 0 radical (unpaired) electrons. The van der Waals surface area contributed by atoms with Gasteiger partial charge in [-0.05, 0) is 26.0 Å². The molecule has 0 saturated heterocycles. The van der Waals surface area contributed by atoms with Crippen LogP contribution in [0, 0.1) is 0 Å². The first-order valence-electron chi connectivity index (χ1n) is 6.44. The van der Waals surface area contributed by atoms with Crippen LogP contribution in [0.15, 0.2) is 12.1 Å². The maximum Gasteiger partial charge on any atom is 0.348 e. The van der Waals surface area contributed by atoms with E-state index < -0.39 is 0 Å². The average Bonchev–Trinajstić information content (AvgIpc) is 3.08. The van der Waals surface area contributed by atoms with E-state index >= 15 is 0 Å². The Morgan fingerprint density at radius 1 is 0.857 bits per heavy atom. The topological polar surface area (TPSA) is 52.6 Å². The van der Waals surface area contributed by atoms with Crippen molar-refractivity contribution in [2.75, 3.05) is 13.2 Å². The minimum atomic E-state index is -0.291. The third-order valence-electron chi connectivity index (χ3n) is 2.78. The quantitative estimate of drug-likeness (QED) is 0.655. The summed E-state index contributed by atoms with van der Waals surface area (Å²) < 4.78 is 14.2. The van der Waals surface area contributed by atoms with Gasteiger partial charge in [0.2, 0.25) is 0 Å². The van der Waals surface area contributed by atoms with E-state index in [0.717, 1.165) is 18.8 Å². The molecule has 0 aliphatic carbocycles. The standard InChI is InChI=1S/C14H12O4S3/c1-3-17-13(15)9-5-7-11(20-9)12-8(19-7)6-10(21-12)14(16)18-4-2/h5-6H,3-4H2,1-2H3. The lowest BCUT2D eigenvalue weighted by atomic mass is 10.4. The molecule has 21 heavy (non-hydrogen) atoms. The van der Waals surface area contributed by atoms with Crippen molar-refractivity contribution in [3.05, 3.63) is 21.9 Å². The maximum atomic E-state index is 11.8. The molecule has 110 valence electrons. The van der Waals surface area contributed by atoms with Crippen molar-refractivity contribution in [2.24, 2.45) is 0 Å². The van der Waals surface area contributed by atoms with Crippen LogP contribution >= 0.6 is 34.0 Å². The Hall–Kier alpha value is -1.44. The van der Waals surface area contributed by atoms with Gasteiger partial charge in [-0.25, -0.2) is 9.59 Å². The zero-order valence-corrected chi connectivity index (χ0v) is 13.9. The molecular weight excluding hydrogens is 328 g/mol. The lowest BCUT2D eigenvalue weighted by molar-refractivity contribution is 0.0522. The van der Waals surface area contributed by atoms with Crippen molar-refractivity contribution < 1.29 is 19.1 Å². The SMILES string of the molecule is CCOC(=O)c1cc2sc3cc(C(=O)OCC)sc3c2s1. The normalized spacial score (nSPS) is 11.1. The van der Waals surface area contributed by atoms with Crippen molar-refractivity contribution in [2.45, 2.75) is 13.8 Å². The Morgan fingerprint density at radius 2 is 1.29 bits per heavy atom. The van der Waals surface area contributed by atoms with Gasteiger partial charge in [-0.15, -0.1) is 34.0 Å². The summed E-state index contributed by atoms with van der Waals surface area (Å²) in [6.07, 6.45) is 0. The molecule has 7 heteroatoms. The van der Waals surface area contributed by atoms with E-state index in [0.29, 0.717) is 23.0 Å². The summed E-state index contributed by atoms with van der Waals surface area (Å²) in [4.78, 5) is 24.7. The highest BCUT2D eigenvalue weighted by Gasteiger charge is 2.19. The number of rotatable bonds is 4. The van der Waals surface area contributed by atoms with E-state index in [1.54, 1.807) is 25.2 Å². The fourth-order valence-electron chi connectivity index (χ4n) is 1.94. The largest absolute Gasteiger partial charge is 0.462 e. The predicted molar refractivity (Wildman–Crippen MR) is 87.0 cm³/mol. The van der Waals surface area contributed by atoms with Gasteiger partial charge in [-0.3, -0.25) is 0 Å². The van der Waals surface area contributed by atoms with E-state index in [-0.39, 0.29) is 11.9 Å². The molecule has 0 aliphatic rings. The molecule has 0 spiro atoms. The molecule has 0 atom stereocenters. The average molecular weight is 340 g/mol. The van der Waals surface area contributed by atoms with Crippen molar-refractivity contribution >= 4 is 64.7 Å². The number of fused-ring (bicyclic) bond motifs is 3. The van der Waals surface area contributed by atoms with Crippen LogP contribution in [0.5, 0.6) is 0 Å². The van der Waals surface area contributed by atoms with Gasteiger partial charge in [-0.1, -0.05) is 0 Å². The van der Waals surface area contributed by atoms with Crippen LogP contribution in [-0.2, 0) is 9.47 Å². The van der Waals surface area contributed by atoms with Crippen LogP contribution in [0.1, 0.15) is 33.2 Å². The third kappa shape index (κ3) is 2.56. The van der Waals surface area contributed by atoms with Crippen LogP contribution in [0.2, 0.25) is 0 Å². The van der Waals surface area contributed by atoms with E-state index in [9.17, 15) is 9.59 Å². The monoisotopic (exact) mass is 340 g/mol. The smallest absolute Gasteiger partial charge is 0.348 e. The minimum absolute atomic E-state index is 0.291. The second-order valence-electron chi connectivity index (χ2n) is 4.15. The van der Waals surface area contributed by atoms with Crippen molar-refractivity contribution in [1.29, 1.82) is 0 Å². The van der Waals surface area contributed by atoms with Gasteiger partial charge in [0.25, 0.3) is 0 Å². The molecule has 0 aromatic carbocycles. The zero-order chi connectivity index (χ0) is 15.0. The van der Waals surface area contributed by atoms with Gasteiger partial charge in [0.15, 0.2) is 0 Å². The molecule has 0 aliphatic heterocycles. The van der Waals surface area contributed by atoms with Gasteiger partial charge in [0.1, 0.15) is 9.75 Å². The fourth-order valence-corrected chi connectivity index (χ4v) is 5.75. The van der Waals surface area contributed by atoms with E-state index in [4.69, 9.17) is 9.47 Å². The molecule has 3 aromatic rings. The Bertz CT molecular complexity index is 757. The second-order valence-corrected chi connectivity index (χ2v) is 7.34. The molecule has 0 saturated carbocycles. The maximum absolute atomic E-state index is 11.8. The summed E-state index contributed by atoms with van der Waals surface area (Å²) in [5.74, 6) is -0.581. The Kier molecular flexibility index (Phi) is 3.97. The van der Waals surface area contributed by atoms with Crippen molar-refractivity contribution in [1.82, 2.24) is 0 Å². The van der Waals surface area contributed by atoms with E-state index in [2.05, 4.69) is 0 Å². The van der Waals surface area contributed by atoms with Crippen LogP contribution < -0.4 is 0 Å². The molecular formula is C14H12O4S3. The van der Waals surface area contributed by atoms with Crippen LogP contribution in [0.4, 0.5) is 0 Å². The van der Waals surface area contributed by atoms with Crippen LogP contribution in [0.3, 0.4) is 0 Å². The summed E-state index contributed by atoms with van der Waals surface area (Å²) >= 11 is 4.41. The van der Waals surface area contributed by atoms with Crippen LogP contribution in [-0.4, -0.2) is 25.2 Å². The number of thiophene rings is 3. The number of ether oxygens (including phenoxy) is 2. The first-order chi connectivity index (χ1) is 10.1. The van der Waals surface area contributed by atoms with Gasteiger partial charge in [0, 0.05) is 9.40 Å². The molecule has 0 fully saturated rings. The molecule has 3 aromatic heterocycles. The molecule has 0 N–H and O–H groups in total. The minimum Gasteiger partial charge on any atom is -0.462 e. The van der Waals surface area contributed by atoms with Crippen LogP contribution in [0.25, 0.3) is 18.8 Å². The molecule has 3 rings (SSSR count). The molecule has 0 amide bonds. The highest BCUT2D eigenvalue weighted by molar-refractivity contribution is 7.39. The van der Waals surface area contributed by atoms with Crippen molar-refractivity contribution in [3.63, 3.8) is 0 Å². The Balaban J connectivity index is 2.02. The summed E-state index contributed by atoms with van der Waals surface area (Å²) in [5.41, 5.74) is 0. The zero-order valence-electron chi connectivity index (χ0n) is 11.4. The summed E-state index contributed by atoms with van der Waals surface area (Å²) in [6, 6.07) is 3.72. The molecule has 3 heterocycles. The number of carbonyl (C=O) groups is 2. The van der Waals surface area contributed by atoms with Crippen molar-refractivity contribution in [3.8, 4) is 0 Å². The Labute approximate surface area is 132 Å². The Morgan fingerprint density at radius 3 is 1.67 bits per heavy atom. The summed E-state index contributed by atoms with van der Waals surface area (Å²) in [7, 11) is 0. The summed E-state index contributed by atoms with van der Waals surface area (Å²) in [6.45, 7) is 4.31. The first kappa shape index (κ1) is 14.5. The van der Waals surface area contributed by atoms with E-state index in [1.165, 1.54) is 22.7 Å². The van der Waals surface area contributed by atoms with E-state index in [1.807, 2.05) is 12.1 Å².